The molecule has 1 aromatic rings. The van der Waals surface area contributed by atoms with Crippen molar-refractivity contribution in [2.45, 2.75) is 70.0 Å². The van der Waals surface area contributed by atoms with Crippen molar-refractivity contribution in [2.24, 2.45) is 5.41 Å². The van der Waals surface area contributed by atoms with E-state index in [0.29, 0.717) is 24.0 Å². The van der Waals surface area contributed by atoms with E-state index in [1.165, 1.54) is 24.8 Å². The normalized spacial score (nSPS) is 32.1. The molecule has 1 aromatic carbocycles. The molecule has 0 aliphatic carbocycles. The number of hydrogen-bond acceptors (Lipinski definition) is 3. The van der Waals surface area contributed by atoms with E-state index in [1.54, 1.807) is 0 Å². The molecule has 3 aliphatic rings. The molecule has 0 radical (unpaired) electrons. The number of carbonyl (C=O) groups excluding carboxylic acids is 1. The molecule has 0 spiro atoms. The van der Waals surface area contributed by atoms with Crippen molar-refractivity contribution >= 4 is 5.91 Å². The lowest BCUT2D eigenvalue weighted by Gasteiger charge is -2.39. The molecule has 3 atom stereocenters. The van der Waals surface area contributed by atoms with Crippen LogP contribution in [0.5, 0.6) is 0 Å². The number of benzene rings is 1. The zero-order valence-electron chi connectivity index (χ0n) is 17.0. The minimum absolute atomic E-state index is 0.247. The summed E-state index contributed by atoms with van der Waals surface area (Å²) in [4.78, 5) is 18.7. The Balaban J connectivity index is 1.56. The Labute approximate surface area is 164 Å². The summed E-state index contributed by atoms with van der Waals surface area (Å²) in [6, 6.07) is 12.0. The molecule has 27 heavy (non-hydrogen) atoms. The summed E-state index contributed by atoms with van der Waals surface area (Å²) in [5.74, 6) is 0.328. The van der Waals surface area contributed by atoms with Gasteiger partial charge in [-0.3, -0.25) is 9.69 Å². The molecular formula is C23H35N3O. The summed E-state index contributed by atoms with van der Waals surface area (Å²) in [6.45, 7) is 5.57. The van der Waals surface area contributed by atoms with Crippen molar-refractivity contribution in [1.82, 2.24) is 15.1 Å². The summed E-state index contributed by atoms with van der Waals surface area (Å²) in [6.07, 6.45) is 7.69. The van der Waals surface area contributed by atoms with E-state index in [4.69, 9.17) is 0 Å². The van der Waals surface area contributed by atoms with Gasteiger partial charge < -0.3 is 10.2 Å². The van der Waals surface area contributed by atoms with Gasteiger partial charge in [0.1, 0.15) is 0 Å². The lowest BCUT2D eigenvalue weighted by molar-refractivity contribution is -0.134. The van der Waals surface area contributed by atoms with E-state index in [0.717, 1.165) is 45.3 Å². The van der Waals surface area contributed by atoms with Crippen LogP contribution in [0.2, 0.25) is 0 Å². The molecule has 0 saturated carbocycles. The van der Waals surface area contributed by atoms with Gasteiger partial charge in [-0.2, -0.15) is 0 Å². The van der Waals surface area contributed by atoms with Gasteiger partial charge in [0.25, 0.3) is 0 Å². The third-order valence-electron chi connectivity index (χ3n) is 7.23. The number of likely N-dealkylation sites (tertiary alicyclic amines) is 1. The lowest BCUT2D eigenvalue weighted by Crippen LogP contribution is -2.54. The highest BCUT2D eigenvalue weighted by Crippen LogP contribution is 2.51. The summed E-state index contributed by atoms with van der Waals surface area (Å²) in [5, 5.41) is 3.50. The van der Waals surface area contributed by atoms with Crippen molar-refractivity contribution in [1.29, 1.82) is 0 Å². The van der Waals surface area contributed by atoms with Gasteiger partial charge in [-0.15, -0.1) is 0 Å². The first-order chi connectivity index (χ1) is 13.1. The van der Waals surface area contributed by atoms with Gasteiger partial charge >= 0.3 is 0 Å². The molecule has 1 amide bonds. The molecule has 2 bridgehead atoms. The first-order valence-electron chi connectivity index (χ1n) is 10.9. The molecule has 148 valence electrons. The molecule has 3 aliphatic heterocycles. The van der Waals surface area contributed by atoms with Gasteiger partial charge in [0.15, 0.2) is 0 Å². The number of rotatable bonds is 6. The SMILES string of the molecule is CCCN1[C@H]2CC[C@@H]1[C@](Cc1ccccc1)(C(=O)NC1CCN(C)CC1)C2. The highest BCUT2D eigenvalue weighted by atomic mass is 16.2. The van der Waals surface area contributed by atoms with Crippen molar-refractivity contribution in [2.75, 3.05) is 26.7 Å². The zero-order chi connectivity index (χ0) is 18.9. The standard InChI is InChI=1S/C23H35N3O/c1-3-13-26-20-9-10-21(26)23(17-20,16-18-7-5-4-6-8-18)22(27)24-19-11-14-25(2)15-12-19/h4-8,19-21H,3,9-17H2,1-2H3,(H,24,27)/t20-,21+,23+/m0/s1. The highest BCUT2D eigenvalue weighted by Gasteiger charge is 2.59. The fourth-order valence-electron chi connectivity index (χ4n) is 5.86. The predicted molar refractivity (Wildman–Crippen MR) is 110 cm³/mol. The Morgan fingerprint density at radius 2 is 1.89 bits per heavy atom. The Kier molecular flexibility index (Phi) is 5.56. The predicted octanol–water partition coefficient (Wildman–Crippen LogP) is 3.07. The number of carbonyl (C=O) groups is 1. The first-order valence-corrected chi connectivity index (χ1v) is 10.9. The first kappa shape index (κ1) is 18.9. The van der Waals surface area contributed by atoms with Gasteiger partial charge in [-0.1, -0.05) is 37.3 Å². The highest BCUT2D eigenvalue weighted by molar-refractivity contribution is 5.85. The van der Waals surface area contributed by atoms with E-state index in [-0.39, 0.29) is 5.41 Å². The van der Waals surface area contributed by atoms with Crippen LogP contribution in [0.1, 0.15) is 51.0 Å². The molecule has 3 heterocycles. The number of nitrogens with one attached hydrogen (secondary N) is 1. The quantitative estimate of drug-likeness (QED) is 0.837. The molecule has 0 aromatic heterocycles. The van der Waals surface area contributed by atoms with Crippen LogP contribution in [-0.4, -0.2) is 60.5 Å². The second-order valence-corrected chi connectivity index (χ2v) is 9.06. The van der Waals surface area contributed by atoms with Crippen LogP contribution in [0.4, 0.5) is 0 Å². The van der Waals surface area contributed by atoms with Crippen LogP contribution in [0.3, 0.4) is 0 Å². The summed E-state index contributed by atoms with van der Waals surface area (Å²) in [5.41, 5.74) is 1.06. The Morgan fingerprint density at radius 3 is 2.59 bits per heavy atom. The van der Waals surface area contributed by atoms with E-state index in [9.17, 15) is 4.79 Å². The summed E-state index contributed by atoms with van der Waals surface area (Å²) < 4.78 is 0. The lowest BCUT2D eigenvalue weighted by atomic mass is 9.69. The summed E-state index contributed by atoms with van der Waals surface area (Å²) >= 11 is 0. The molecular weight excluding hydrogens is 334 g/mol. The number of nitrogens with zero attached hydrogens (tertiary/aromatic N) is 2. The average Bonchev–Trinajstić information content (AvgIpc) is 3.20. The van der Waals surface area contributed by atoms with Crippen LogP contribution in [0, 0.1) is 5.41 Å². The molecule has 0 unspecified atom stereocenters. The van der Waals surface area contributed by atoms with Crippen LogP contribution < -0.4 is 5.32 Å². The third-order valence-corrected chi connectivity index (χ3v) is 7.23. The molecule has 4 heteroatoms. The van der Waals surface area contributed by atoms with Gasteiger partial charge in [-0.05, 0) is 77.2 Å². The Bertz CT molecular complexity index is 640. The van der Waals surface area contributed by atoms with Crippen molar-refractivity contribution < 1.29 is 4.79 Å². The van der Waals surface area contributed by atoms with Gasteiger partial charge in [0.05, 0.1) is 5.41 Å². The van der Waals surface area contributed by atoms with Crippen LogP contribution in [0.15, 0.2) is 30.3 Å². The molecule has 4 rings (SSSR count). The van der Waals surface area contributed by atoms with Crippen molar-refractivity contribution in [3.63, 3.8) is 0 Å². The van der Waals surface area contributed by atoms with E-state index >= 15 is 0 Å². The minimum Gasteiger partial charge on any atom is -0.353 e. The monoisotopic (exact) mass is 369 g/mol. The number of fused-ring (bicyclic) bond motifs is 2. The van der Waals surface area contributed by atoms with Crippen molar-refractivity contribution in [3.05, 3.63) is 35.9 Å². The maximum atomic E-state index is 13.7. The van der Waals surface area contributed by atoms with Crippen molar-refractivity contribution in [3.8, 4) is 0 Å². The maximum Gasteiger partial charge on any atom is 0.228 e. The Hall–Kier alpha value is -1.39. The number of hydrogen-bond donors (Lipinski definition) is 1. The molecule has 3 saturated heterocycles. The van der Waals surface area contributed by atoms with Crippen LogP contribution in [0.25, 0.3) is 0 Å². The molecule has 3 fully saturated rings. The summed E-state index contributed by atoms with van der Waals surface area (Å²) in [7, 11) is 2.17. The zero-order valence-corrected chi connectivity index (χ0v) is 17.0. The van der Waals surface area contributed by atoms with Gasteiger partial charge in [0, 0.05) is 18.1 Å². The molecule has 4 nitrogen and oxygen atoms in total. The fourth-order valence-corrected chi connectivity index (χ4v) is 5.86. The van der Waals surface area contributed by atoms with E-state index < -0.39 is 0 Å². The molecule has 1 N–H and O–H groups in total. The largest absolute Gasteiger partial charge is 0.353 e. The van der Waals surface area contributed by atoms with E-state index in [2.05, 4.69) is 59.4 Å². The second-order valence-electron chi connectivity index (χ2n) is 9.06. The minimum atomic E-state index is -0.247. The topological polar surface area (TPSA) is 35.6 Å². The van der Waals surface area contributed by atoms with Crippen LogP contribution >= 0.6 is 0 Å². The number of piperidine rings is 1. The van der Waals surface area contributed by atoms with Crippen LogP contribution in [-0.2, 0) is 11.2 Å². The maximum absolute atomic E-state index is 13.7. The third kappa shape index (κ3) is 3.66. The smallest absolute Gasteiger partial charge is 0.228 e. The average molecular weight is 370 g/mol. The van der Waals surface area contributed by atoms with E-state index in [1.807, 2.05) is 0 Å². The number of amides is 1. The Morgan fingerprint density at radius 1 is 1.15 bits per heavy atom. The van der Waals surface area contributed by atoms with Gasteiger partial charge in [0.2, 0.25) is 5.91 Å². The fraction of sp³-hybridized carbons (Fsp3) is 0.696. The van der Waals surface area contributed by atoms with Gasteiger partial charge in [-0.25, -0.2) is 0 Å². The second kappa shape index (κ2) is 7.92.